The summed E-state index contributed by atoms with van der Waals surface area (Å²) in [4.78, 5) is 22.3. The molecule has 2 atom stereocenters. The predicted octanol–water partition coefficient (Wildman–Crippen LogP) is 2.31. The number of carbonyl (C=O) groups is 2. The van der Waals surface area contributed by atoms with E-state index in [0.29, 0.717) is 36.5 Å². The molecule has 0 radical (unpaired) electrons. The molecule has 6 N–H and O–H groups in total. The number of phenolic OH excluding ortho intramolecular Hbond substituents is 1. The Hall–Kier alpha value is -1.79. The Morgan fingerprint density at radius 1 is 1.23 bits per heavy atom. The summed E-state index contributed by atoms with van der Waals surface area (Å²) in [6, 6.07) is 2.47. The van der Waals surface area contributed by atoms with Crippen LogP contribution in [0.2, 0.25) is 10.0 Å². The average Bonchev–Trinajstić information content (AvgIpc) is 2.69. The van der Waals surface area contributed by atoms with Crippen molar-refractivity contribution in [1.82, 2.24) is 4.90 Å². The molecule has 1 heterocycles. The molecule has 0 aliphatic carbocycles. The number of halogens is 5. The number of rotatable bonds is 4. The van der Waals surface area contributed by atoms with Gasteiger partial charge in [-0.25, -0.2) is 4.79 Å². The molecule has 31 heavy (non-hydrogen) atoms. The second kappa shape index (κ2) is 10.7. The molecule has 1 aromatic rings. The van der Waals surface area contributed by atoms with E-state index >= 15 is 0 Å². The van der Waals surface area contributed by atoms with Crippen LogP contribution in [-0.4, -0.2) is 69.2 Å². The lowest BCUT2D eigenvalue weighted by Crippen LogP contribution is -2.49. The Bertz CT molecular complexity index is 801. The Morgan fingerprint density at radius 3 is 2.10 bits per heavy atom. The molecule has 176 valence electrons. The zero-order chi connectivity index (χ0) is 24.1. The Labute approximate surface area is 186 Å². The number of nitrogens with two attached hydrogens (primary N) is 1. The van der Waals surface area contributed by atoms with E-state index in [4.69, 9.17) is 43.9 Å². The first kappa shape index (κ1) is 27.2. The molecule has 2 rings (SSSR count). The molecule has 1 aromatic carbocycles. The second-order valence-corrected chi connectivity index (χ2v) is 8.10. The molecule has 0 saturated carbocycles. The van der Waals surface area contributed by atoms with Crippen molar-refractivity contribution in [2.75, 3.05) is 19.7 Å². The molecule has 1 fully saturated rings. The third kappa shape index (κ3) is 7.11. The van der Waals surface area contributed by atoms with Gasteiger partial charge in [0.25, 0.3) is 5.91 Å². The molecule has 2 unspecified atom stereocenters. The van der Waals surface area contributed by atoms with Crippen LogP contribution in [0.25, 0.3) is 0 Å². The zero-order valence-corrected chi connectivity index (χ0v) is 17.9. The van der Waals surface area contributed by atoms with E-state index < -0.39 is 36.8 Å². The minimum atomic E-state index is -5.08. The number of aliphatic carboxylic acids is 1. The zero-order valence-electron chi connectivity index (χ0n) is 16.4. The van der Waals surface area contributed by atoms with Crippen molar-refractivity contribution in [3.05, 3.63) is 27.7 Å². The van der Waals surface area contributed by atoms with Crippen molar-refractivity contribution >= 4 is 35.1 Å². The first-order valence-electron chi connectivity index (χ1n) is 8.95. The van der Waals surface area contributed by atoms with E-state index in [2.05, 4.69) is 0 Å². The molecule has 0 aromatic heterocycles. The number of amides is 1. The van der Waals surface area contributed by atoms with Crippen LogP contribution in [0.5, 0.6) is 5.75 Å². The van der Waals surface area contributed by atoms with Crippen molar-refractivity contribution in [1.29, 1.82) is 0 Å². The fourth-order valence-electron chi connectivity index (χ4n) is 3.01. The van der Waals surface area contributed by atoms with E-state index in [1.807, 2.05) is 6.92 Å². The van der Waals surface area contributed by atoms with Crippen molar-refractivity contribution in [2.24, 2.45) is 11.1 Å². The highest BCUT2D eigenvalue weighted by molar-refractivity contribution is 6.42. The normalized spacial score (nSPS) is 17.9. The molecular weight excluding hydrogens is 468 g/mol. The third-order valence-corrected chi connectivity index (χ3v) is 5.80. The van der Waals surface area contributed by atoms with Crippen LogP contribution >= 0.6 is 23.2 Å². The number of alkyl halides is 3. The summed E-state index contributed by atoms with van der Waals surface area (Å²) in [6.45, 7) is 2.23. The lowest BCUT2D eigenvalue weighted by Gasteiger charge is -2.43. The van der Waals surface area contributed by atoms with Crippen LogP contribution < -0.4 is 5.73 Å². The highest BCUT2D eigenvalue weighted by atomic mass is 35.5. The maximum atomic E-state index is 11.9. The maximum absolute atomic E-state index is 11.9. The van der Waals surface area contributed by atoms with Gasteiger partial charge in [0.1, 0.15) is 5.75 Å². The number of aromatic hydroxyl groups is 1. The van der Waals surface area contributed by atoms with Gasteiger partial charge >= 0.3 is 12.1 Å². The molecule has 8 nitrogen and oxygen atoms in total. The number of likely N-dealkylation sites (tertiary alicyclic amines) is 1. The number of aliphatic hydroxyl groups is 2. The van der Waals surface area contributed by atoms with Crippen LogP contribution in [0.1, 0.15) is 31.4 Å². The summed E-state index contributed by atoms with van der Waals surface area (Å²) in [5.41, 5.74) is 6.54. The molecule has 1 aliphatic rings. The number of carboxylic acids is 1. The highest BCUT2D eigenvalue weighted by Gasteiger charge is 2.39. The number of benzene rings is 1. The number of phenols is 1. The number of hydrogen-bond donors (Lipinski definition) is 5. The van der Waals surface area contributed by atoms with Crippen LogP contribution in [0.15, 0.2) is 12.1 Å². The molecule has 1 saturated heterocycles. The van der Waals surface area contributed by atoms with Gasteiger partial charge in [-0.2, -0.15) is 13.2 Å². The van der Waals surface area contributed by atoms with Crippen LogP contribution in [-0.2, 0) is 9.59 Å². The minimum absolute atomic E-state index is 0.00710. The summed E-state index contributed by atoms with van der Waals surface area (Å²) < 4.78 is 31.7. The number of nitrogens with zero attached hydrogens (tertiary/aromatic N) is 1. The molecule has 1 amide bonds. The number of carboxylic acid groups (broad SMARTS) is 1. The third-order valence-electron chi connectivity index (χ3n) is 5.07. The van der Waals surface area contributed by atoms with Gasteiger partial charge in [0.2, 0.25) is 0 Å². The number of hydrogen-bond acceptors (Lipinski definition) is 6. The quantitative estimate of drug-likeness (QED) is 0.435. The summed E-state index contributed by atoms with van der Waals surface area (Å²) in [5.74, 6) is -3.25. The van der Waals surface area contributed by atoms with Crippen molar-refractivity contribution in [2.45, 2.75) is 38.1 Å². The largest absolute Gasteiger partial charge is 0.508 e. The van der Waals surface area contributed by atoms with Crippen LogP contribution in [0, 0.1) is 5.41 Å². The van der Waals surface area contributed by atoms with Gasteiger partial charge in [-0.05, 0) is 24.3 Å². The minimum Gasteiger partial charge on any atom is -0.508 e. The molecule has 0 bridgehead atoms. The van der Waals surface area contributed by atoms with Gasteiger partial charge in [-0.15, -0.1) is 0 Å². The van der Waals surface area contributed by atoms with E-state index in [0.717, 1.165) is 0 Å². The highest BCUT2D eigenvalue weighted by Crippen LogP contribution is 2.45. The summed E-state index contributed by atoms with van der Waals surface area (Å²) in [7, 11) is 0. The maximum Gasteiger partial charge on any atom is 0.490 e. The molecule has 1 aliphatic heterocycles. The molecule has 0 spiro atoms. The molecule has 13 heteroatoms. The van der Waals surface area contributed by atoms with Gasteiger partial charge in [-0.1, -0.05) is 30.1 Å². The fraction of sp³-hybridized carbons (Fsp3) is 0.556. The summed E-state index contributed by atoms with van der Waals surface area (Å²) in [6.07, 6.45) is -5.28. The summed E-state index contributed by atoms with van der Waals surface area (Å²) >= 11 is 11.9. The van der Waals surface area contributed by atoms with Crippen LogP contribution in [0.3, 0.4) is 0 Å². The van der Waals surface area contributed by atoms with Crippen molar-refractivity contribution in [3.8, 4) is 5.75 Å². The first-order chi connectivity index (χ1) is 14.1. The van der Waals surface area contributed by atoms with E-state index in [9.17, 15) is 28.2 Å². The van der Waals surface area contributed by atoms with Gasteiger partial charge < -0.3 is 31.1 Å². The van der Waals surface area contributed by atoms with E-state index in [-0.39, 0.29) is 16.2 Å². The summed E-state index contributed by atoms with van der Waals surface area (Å²) in [5, 5.41) is 36.2. The molecular formula is C18H23Cl2F3N2O6. The fourth-order valence-corrected chi connectivity index (χ4v) is 3.34. The lowest BCUT2D eigenvalue weighted by molar-refractivity contribution is -0.192. The predicted molar refractivity (Wildman–Crippen MR) is 106 cm³/mol. The lowest BCUT2D eigenvalue weighted by atomic mass is 9.72. The van der Waals surface area contributed by atoms with E-state index in [1.165, 1.54) is 11.0 Å². The van der Waals surface area contributed by atoms with Gasteiger partial charge in [-0.3, -0.25) is 4.79 Å². The van der Waals surface area contributed by atoms with Gasteiger partial charge in [0.05, 0.1) is 16.7 Å². The van der Waals surface area contributed by atoms with Crippen molar-refractivity contribution < 1.29 is 43.2 Å². The standard InChI is InChI=1S/C16H22Cl2N2O4.C2HF3O2/c1-16(2-4-20(5-3-16)15(24)13(23)8-21)14(19)9-6-10(17)11(18)7-12(9)22;3-2(4,5)1(6)7/h6-7,13-14,21-23H,2-5,8,19H2,1H3;(H,6,7). The van der Waals surface area contributed by atoms with Crippen molar-refractivity contribution in [3.63, 3.8) is 0 Å². The Kier molecular flexibility index (Phi) is 9.39. The van der Waals surface area contributed by atoms with Crippen LogP contribution in [0.4, 0.5) is 13.2 Å². The first-order valence-corrected chi connectivity index (χ1v) is 9.71. The number of aliphatic hydroxyl groups excluding tert-OH is 2. The van der Waals surface area contributed by atoms with Gasteiger partial charge in [0.15, 0.2) is 6.10 Å². The topological polar surface area (TPSA) is 144 Å². The van der Waals surface area contributed by atoms with Gasteiger partial charge in [0, 0.05) is 30.8 Å². The Balaban J connectivity index is 0.000000592. The average molecular weight is 491 g/mol. The van der Waals surface area contributed by atoms with E-state index in [1.54, 1.807) is 6.07 Å². The monoisotopic (exact) mass is 490 g/mol. The SMILES string of the molecule is CC1(C(N)c2cc(Cl)c(Cl)cc2O)CCN(C(=O)C(O)CO)CC1.O=C(O)C(F)(F)F. The number of piperidine rings is 1. The smallest absolute Gasteiger partial charge is 0.490 e. The second-order valence-electron chi connectivity index (χ2n) is 7.28. The Morgan fingerprint density at radius 2 is 1.68 bits per heavy atom. The number of carbonyl (C=O) groups excluding carboxylic acids is 1.